The van der Waals surface area contributed by atoms with Gasteiger partial charge in [0, 0.05) is 33.4 Å². The van der Waals surface area contributed by atoms with E-state index in [1.165, 1.54) is 0 Å². The molecule has 0 aliphatic carbocycles. The minimum absolute atomic E-state index is 0.00252. The van der Waals surface area contributed by atoms with Gasteiger partial charge in [-0.1, -0.05) is 32.9 Å². The Bertz CT molecular complexity index is 777. The molecule has 1 N–H and O–H groups in total. The first-order valence-electron chi connectivity index (χ1n) is 11.0. The lowest BCUT2D eigenvalue weighted by atomic mass is 9.87. The highest BCUT2D eigenvalue weighted by atomic mass is 32.2. The predicted octanol–water partition coefficient (Wildman–Crippen LogP) is 3.47. The molecular formula is C23H39N3O3S. The minimum Gasteiger partial charge on any atom is -0.381 e. The summed E-state index contributed by atoms with van der Waals surface area (Å²) in [6.45, 7) is 12.0. The van der Waals surface area contributed by atoms with E-state index in [1.807, 2.05) is 26.1 Å². The van der Waals surface area contributed by atoms with Crippen LogP contribution in [-0.4, -0.2) is 64.9 Å². The number of sulfone groups is 1. The molecule has 0 spiro atoms. The van der Waals surface area contributed by atoms with Gasteiger partial charge in [-0.3, -0.25) is 4.99 Å². The van der Waals surface area contributed by atoms with E-state index in [0.29, 0.717) is 10.8 Å². The Kier molecular flexibility index (Phi) is 9.16. The fourth-order valence-corrected chi connectivity index (χ4v) is 4.66. The second-order valence-electron chi connectivity index (χ2n) is 9.09. The molecule has 1 aromatic carbocycles. The van der Waals surface area contributed by atoms with E-state index >= 15 is 0 Å². The average molecular weight is 438 g/mol. The average Bonchev–Trinajstić information content (AvgIpc) is 2.71. The van der Waals surface area contributed by atoms with E-state index < -0.39 is 9.84 Å². The van der Waals surface area contributed by atoms with Crippen LogP contribution in [0.5, 0.6) is 0 Å². The summed E-state index contributed by atoms with van der Waals surface area (Å²) in [5.41, 5.74) is 1.13. The first kappa shape index (κ1) is 24.7. The fraction of sp³-hybridized carbons (Fsp3) is 0.696. The van der Waals surface area contributed by atoms with Crippen LogP contribution >= 0.6 is 0 Å². The van der Waals surface area contributed by atoms with Gasteiger partial charge >= 0.3 is 0 Å². The lowest BCUT2D eigenvalue weighted by Gasteiger charge is -2.26. The zero-order chi connectivity index (χ0) is 22.2. The van der Waals surface area contributed by atoms with Crippen LogP contribution in [-0.2, 0) is 20.0 Å². The van der Waals surface area contributed by atoms with Crippen LogP contribution in [0.2, 0.25) is 0 Å². The van der Waals surface area contributed by atoms with Crippen molar-refractivity contribution in [2.24, 2.45) is 10.9 Å². The number of aliphatic imine (C=N–C) groups is 1. The Hall–Kier alpha value is -1.60. The van der Waals surface area contributed by atoms with E-state index in [4.69, 9.17) is 4.74 Å². The second kappa shape index (κ2) is 11.1. The molecule has 1 aliphatic rings. The summed E-state index contributed by atoms with van der Waals surface area (Å²) >= 11 is 0. The van der Waals surface area contributed by atoms with Crippen molar-refractivity contribution in [3.8, 4) is 0 Å². The van der Waals surface area contributed by atoms with E-state index in [2.05, 4.69) is 36.0 Å². The van der Waals surface area contributed by atoms with E-state index in [1.54, 1.807) is 12.1 Å². The number of hydrogen-bond acceptors (Lipinski definition) is 4. The first-order valence-corrected chi connectivity index (χ1v) is 12.7. The molecule has 7 heteroatoms. The summed E-state index contributed by atoms with van der Waals surface area (Å²) in [6, 6.07) is 7.24. The molecule has 2 rings (SSSR count). The molecule has 1 aromatic rings. The summed E-state index contributed by atoms with van der Waals surface area (Å²) in [5.74, 6) is 1.47. The third-order valence-electron chi connectivity index (χ3n) is 5.61. The SMILES string of the molecule is CCNC(=NCCS(=O)(=O)c1ccc(C(C)(C)C)cc1)N(C)CCC1CCOCC1. The second-order valence-corrected chi connectivity index (χ2v) is 11.2. The van der Waals surface area contributed by atoms with Gasteiger partial charge in [0.1, 0.15) is 0 Å². The molecule has 1 heterocycles. The van der Waals surface area contributed by atoms with Crippen LogP contribution in [0, 0.1) is 5.92 Å². The maximum Gasteiger partial charge on any atom is 0.193 e. The lowest BCUT2D eigenvalue weighted by Crippen LogP contribution is -2.40. The van der Waals surface area contributed by atoms with Crippen molar-refractivity contribution >= 4 is 15.8 Å². The first-order chi connectivity index (χ1) is 14.1. The van der Waals surface area contributed by atoms with Gasteiger partial charge in [-0.05, 0) is 55.2 Å². The van der Waals surface area contributed by atoms with Crippen LogP contribution in [0.1, 0.15) is 52.5 Å². The zero-order valence-corrected chi connectivity index (χ0v) is 20.1. The van der Waals surface area contributed by atoms with Gasteiger partial charge < -0.3 is 15.0 Å². The topological polar surface area (TPSA) is 71.0 Å². The normalized spacial score (nSPS) is 16.5. The molecule has 0 atom stereocenters. The summed E-state index contributed by atoms with van der Waals surface area (Å²) in [5, 5.41) is 3.28. The molecule has 0 aromatic heterocycles. The van der Waals surface area contributed by atoms with Gasteiger partial charge in [-0.25, -0.2) is 8.42 Å². The summed E-state index contributed by atoms with van der Waals surface area (Å²) in [6.07, 6.45) is 3.34. The van der Waals surface area contributed by atoms with Crippen molar-refractivity contribution in [2.45, 2.75) is 57.3 Å². The molecule has 1 aliphatic heterocycles. The van der Waals surface area contributed by atoms with Crippen molar-refractivity contribution in [1.29, 1.82) is 0 Å². The largest absolute Gasteiger partial charge is 0.381 e. The lowest BCUT2D eigenvalue weighted by molar-refractivity contribution is 0.0625. The highest BCUT2D eigenvalue weighted by Crippen LogP contribution is 2.24. The Balaban J connectivity index is 1.94. The molecule has 6 nitrogen and oxygen atoms in total. The number of nitrogens with one attached hydrogen (secondary N) is 1. The fourth-order valence-electron chi connectivity index (χ4n) is 3.54. The zero-order valence-electron chi connectivity index (χ0n) is 19.3. The van der Waals surface area contributed by atoms with Crippen molar-refractivity contribution < 1.29 is 13.2 Å². The van der Waals surface area contributed by atoms with Gasteiger partial charge in [-0.15, -0.1) is 0 Å². The molecule has 170 valence electrons. The van der Waals surface area contributed by atoms with Crippen LogP contribution in [0.25, 0.3) is 0 Å². The third kappa shape index (κ3) is 7.58. The number of rotatable bonds is 8. The van der Waals surface area contributed by atoms with E-state index in [-0.39, 0.29) is 17.7 Å². The number of nitrogens with zero attached hydrogens (tertiary/aromatic N) is 2. The smallest absolute Gasteiger partial charge is 0.193 e. The minimum atomic E-state index is -3.36. The maximum atomic E-state index is 12.7. The molecule has 1 saturated heterocycles. The van der Waals surface area contributed by atoms with Gasteiger partial charge in [0.05, 0.1) is 17.2 Å². The Morgan fingerprint density at radius 3 is 2.40 bits per heavy atom. The molecule has 0 saturated carbocycles. The number of hydrogen-bond donors (Lipinski definition) is 1. The monoisotopic (exact) mass is 437 g/mol. The molecular weight excluding hydrogens is 398 g/mol. The summed E-state index contributed by atoms with van der Waals surface area (Å²) in [4.78, 5) is 7.04. The standard InChI is InChI=1S/C23H39N3O3S/c1-6-24-22(26(5)15-11-19-12-16-29-17-13-19)25-14-18-30(27,28)21-9-7-20(8-10-21)23(2,3)4/h7-10,19H,6,11-18H2,1-5H3,(H,24,25). The third-order valence-corrected chi connectivity index (χ3v) is 7.32. The van der Waals surface area contributed by atoms with Gasteiger partial charge in [-0.2, -0.15) is 0 Å². The Morgan fingerprint density at radius 2 is 1.83 bits per heavy atom. The highest BCUT2D eigenvalue weighted by Gasteiger charge is 2.18. The predicted molar refractivity (Wildman–Crippen MR) is 124 cm³/mol. The quantitative estimate of drug-likeness (QED) is 0.498. The van der Waals surface area contributed by atoms with Crippen molar-refractivity contribution in [3.05, 3.63) is 29.8 Å². The van der Waals surface area contributed by atoms with Crippen LogP contribution in [0.3, 0.4) is 0 Å². The van der Waals surface area contributed by atoms with E-state index in [9.17, 15) is 8.42 Å². The summed E-state index contributed by atoms with van der Waals surface area (Å²) < 4.78 is 30.9. The van der Waals surface area contributed by atoms with Gasteiger partial charge in [0.25, 0.3) is 0 Å². The van der Waals surface area contributed by atoms with Crippen LogP contribution in [0.15, 0.2) is 34.2 Å². The number of ether oxygens (including phenoxy) is 1. The molecule has 0 amide bonds. The molecule has 30 heavy (non-hydrogen) atoms. The maximum absolute atomic E-state index is 12.7. The van der Waals surface area contributed by atoms with Crippen molar-refractivity contribution in [2.75, 3.05) is 45.6 Å². The number of guanidine groups is 1. The van der Waals surface area contributed by atoms with Crippen molar-refractivity contribution in [1.82, 2.24) is 10.2 Å². The molecule has 0 unspecified atom stereocenters. The summed E-state index contributed by atoms with van der Waals surface area (Å²) in [7, 11) is -1.34. The van der Waals surface area contributed by atoms with Gasteiger partial charge in [0.2, 0.25) is 0 Å². The van der Waals surface area contributed by atoms with E-state index in [0.717, 1.165) is 57.1 Å². The highest BCUT2D eigenvalue weighted by molar-refractivity contribution is 7.91. The van der Waals surface area contributed by atoms with Crippen LogP contribution in [0.4, 0.5) is 0 Å². The molecule has 0 bridgehead atoms. The van der Waals surface area contributed by atoms with Gasteiger partial charge in [0.15, 0.2) is 15.8 Å². The molecule has 0 radical (unpaired) electrons. The van der Waals surface area contributed by atoms with Crippen molar-refractivity contribution in [3.63, 3.8) is 0 Å². The van der Waals surface area contributed by atoms with Crippen LogP contribution < -0.4 is 5.32 Å². The Morgan fingerprint density at radius 1 is 1.20 bits per heavy atom. The Labute approximate surface area is 183 Å². The molecule has 1 fully saturated rings. The number of benzene rings is 1.